The molecule has 19 heavy (non-hydrogen) atoms. The van der Waals surface area contributed by atoms with Crippen LogP contribution in [0.25, 0.3) is 0 Å². The van der Waals surface area contributed by atoms with Crippen LogP contribution in [0.1, 0.15) is 62.3 Å². The third-order valence-electron chi connectivity index (χ3n) is 2.85. The van der Waals surface area contributed by atoms with Crippen LogP contribution in [0.15, 0.2) is 18.2 Å². The molecule has 2 nitrogen and oxygen atoms in total. The number of carbonyl (C=O) groups excluding carboxylic acids is 2. The van der Waals surface area contributed by atoms with Crippen LogP contribution in [0.4, 0.5) is 0 Å². The number of ketones is 2. The summed E-state index contributed by atoms with van der Waals surface area (Å²) in [6.07, 6.45) is 0. The molecular weight excluding hydrogens is 351 g/mol. The van der Waals surface area contributed by atoms with Crippen LogP contribution in [0.5, 0.6) is 0 Å². The molecule has 0 aliphatic rings. The minimum atomic E-state index is -0.492. The van der Waals surface area contributed by atoms with Crippen LogP contribution in [0.3, 0.4) is 0 Å². The fourth-order valence-electron chi connectivity index (χ4n) is 1.72. The van der Waals surface area contributed by atoms with Crippen molar-refractivity contribution in [3.05, 3.63) is 32.9 Å². The standard InChI is InChI=1S/C16H21IO2/c1-15(2,3)13(18)10-8-7-9-11(17)12(10)14(19)16(4,5)6/h7-9H,1-6H3. The Morgan fingerprint density at radius 2 is 1.37 bits per heavy atom. The topological polar surface area (TPSA) is 34.1 Å². The number of benzene rings is 1. The van der Waals surface area contributed by atoms with Gasteiger partial charge in [-0.1, -0.05) is 53.7 Å². The van der Waals surface area contributed by atoms with Gasteiger partial charge in [-0.15, -0.1) is 0 Å². The molecule has 1 aromatic carbocycles. The zero-order valence-corrected chi connectivity index (χ0v) is 14.6. The number of halogens is 1. The van der Waals surface area contributed by atoms with Gasteiger partial charge in [-0.05, 0) is 28.7 Å². The smallest absolute Gasteiger partial charge is 0.169 e. The molecule has 0 atom stereocenters. The minimum absolute atomic E-state index is 0.0126. The molecule has 104 valence electrons. The molecular formula is C16H21IO2. The molecule has 0 heterocycles. The summed E-state index contributed by atoms with van der Waals surface area (Å²) in [6.45, 7) is 11.3. The lowest BCUT2D eigenvalue weighted by molar-refractivity contribution is 0.0822. The van der Waals surface area contributed by atoms with Crippen molar-refractivity contribution >= 4 is 34.2 Å². The molecule has 1 aromatic rings. The van der Waals surface area contributed by atoms with Crippen LogP contribution in [0.2, 0.25) is 0 Å². The van der Waals surface area contributed by atoms with Crippen LogP contribution in [-0.2, 0) is 0 Å². The number of hydrogen-bond acceptors (Lipinski definition) is 2. The van der Waals surface area contributed by atoms with Crippen molar-refractivity contribution < 1.29 is 9.59 Å². The molecule has 0 aliphatic carbocycles. The van der Waals surface area contributed by atoms with Gasteiger partial charge in [0, 0.05) is 25.5 Å². The highest BCUT2D eigenvalue weighted by Crippen LogP contribution is 2.30. The fraction of sp³-hybridized carbons (Fsp3) is 0.500. The normalized spacial score (nSPS) is 12.4. The first-order valence-corrected chi connectivity index (χ1v) is 7.42. The van der Waals surface area contributed by atoms with Crippen molar-refractivity contribution in [3.63, 3.8) is 0 Å². The van der Waals surface area contributed by atoms with Gasteiger partial charge in [0.15, 0.2) is 11.6 Å². The van der Waals surface area contributed by atoms with Crippen LogP contribution >= 0.6 is 22.6 Å². The second-order valence-corrected chi connectivity index (χ2v) is 7.98. The van der Waals surface area contributed by atoms with Gasteiger partial charge in [-0.25, -0.2) is 0 Å². The Morgan fingerprint density at radius 3 is 1.79 bits per heavy atom. The number of rotatable bonds is 2. The highest BCUT2D eigenvalue weighted by molar-refractivity contribution is 14.1. The van der Waals surface area contributed by atoms with Crippen molar-refractivity contribution in [3.8, 4) is 0 Å². The van der Waals surface area contributed by atoms with Gasteiger partial charge >= 0.3 is 0 Å². The van der Waals surface area contributed by atoms with Crippen molar-refractivity contribution in [1.29, 1.82) is 0 Å². The Bertz CT molecular complexity index is 517. The highest BCUT2D eigenvalue weighted by Gasteiger charge is 2.32. The molecule has 0 amide bonds. The van der Waals surface area contributed by atoms with E-state index in [4.69, 9.17) is 0 Å². The molecule has 0 N–H and O–H groups in total. The molecule has 0 fully saturated rings. The minimum Gasteiger partial charge on any atom is -0.294 e. The molecule has 0 radical (unpaired) electrons. The Morgan fingerprint density at radius 1 is 0.895 bits per heavy atom. The van der Waals surface area contributed by atoms with Crippen molar-refractivity contribution in [1.82, 2.24) is 0 Å². The van der Waals surface area contributed by atoms with E-state index in [0.29, 0.717) is 11.1 Å². The quantitative estimate of drug-likeness (QED) is 0.555. The predicted molar refractivity (Wildman–Crippen MR) is 86.7 cm³/mol. The lowest BCUT2D eigenvalue weighted by atomic mass is 9.79. The molecule has 0 unspecified atom stereocenters. The van der Waals surface area contributed by atoms with Crippen molar-refractivity contribution in [2.75, 3.05) is 0 Å². The average molecular weight is 372 g/mol. The van der Waals surface area contributed by atoms with Gasteiger partial charge in [0.05, 0.1) is 0 Å². The predicted octanol–water partition coefficient (Wildman–Crippen LogP) is 4.75. The van der Waals surface area contributed by atoms with Gasteiger partial charge in [0.2, 0.25) is 0 Å². The molecule has 0 aliphatic heterocycles. The molecule has 0 aromatic heterocycles. The Balaban J connectivity index is 3.49. The molecule has 0 saturated heterocycles. The second-order valence-electron chi connectivity index (χ2n) is 6.82. The van der Waals surface area contributed by atoms with E-state index in [0.717, 1.165) is 3.57 Å². The summed E-state index contributed by atoms with van der Waals surface area (Å²) in [5.74, 6) is 0.0312. The van der Waals surface area contributed by atoms with Gasteiger partial charge in [0.25, 0.3) is 0 Å². The summed E-state index contributed by atoms with van der Waals surface area (Å²) in [5, 5.41) is 0. The van der Waals surface area contributed by atoms with E-state index < -0.39 is 10.8 Å². The lowest BCUT2D eigenvalue weighted by Gasteiger charge is -2.23. The zero-order valence-electron chi connectivity index (χ0n) is 12.4. The van der Waals surface area contributed by atoms with E-state index in [2.05, 4.69) is 22.6 Å². The maximum absolute atomic E-state index is 12.6. The lowest BCUT2D eigenvalue weighted by Crippen LogP contribution is -2.27. The Labute approximate surface area is 129 Å². The first kappa shape index (κ1) is 16.3. The zero-order chi connectivity index (χ0) is 15.0. The summed E-state index contributed by atoms with van der Waals surface area (Å²) >= 11 is 2.13. The van der Waals surface area contributed by atoms with E-state index in [9.17, 15) is 9.59 Å². The van der Waals surface area contributed by atoms with Crippen LogP contribution in [0, 0.1) is 14.4 Å². The van der Waals surface area contributed by atoms with E-state index in [-0.39, 0.29) is 11.6 Å². The van der Waals surface area contributed by atoms with Gasteiger partial charge in [-0.3, -0.25) is 9.59 Å². The molecule has 0 bridgehead atoms. The number of carbonyl (C=O) groups is 2. The summed E-state index contributed by atoms with van der Waals surface area (Å²) in [4.78, 5) is 25.1. The summed E-state index contributed by atoms with van der Waals surface area (Å²) < 4.78 is 0.840. The van der Waals surface area contributed by atoms with Gasteiger partial charge in [-0.2, -0.15) is 0 Å². The first-order valence-electron chi connectivity index (χ1n) is 6.34. The SMILES string of the molecule is CC(C)(C)C(=O)c1cccc(I)c1C(=O)C(C)(C)C. The van der Waals surface area contributed by atoms with Crippen molar-refractivity contribution in [2.24, 2.45) is 10.8 Å². The maximum Gasteiger partial charge on any atom is 0.169 e. The van der Waals surface area contributed by atoms with E-state index in [1.165, 1.54) is 0 Å². The molecule has 1 rings (SSSR count). The largest absolute Gasteiger partial charge is 0.294 e. The average Bonchev–Trinajstić information content (AvgIpc) is 2.24. The number of Topliss-reactive ketones (excluding diaryl/α,β-unsaturated/α-hetero) is 2. The van der Waals surface area contributed by atoms with E-state index in [1.807, 2.05) is 53.7 Å². The van der Waals surface area contributed by atoms with Crippen LogP contribution < -0.4 is 0 Å². The van der Waals surface area contributed by atoms with E-state index in [1.54, 1.807) is 6.07 Å². The third-order valence-corrected chi connectivity index (χ3v) is 3.75. The van der Waals surface area contributed by atoms with Crippen LogP contribution in [-0.4, -0.2) is 11.6 Å². The summed E-state index contributed by atoms with van der Waals surface area (Å²) in [6, 6.07) is 5.47. The van der Waals surface area contributed by atoms with Crippen molar-refractivity contribution in [2.45, 2.75) is 41.5 Å². The fourth-order valence-corrected chi connectivity index (χ4v) is 2.47. The monoisotopic (exact) mass is 372 g/mol. The van der Waals surface area contributed by atoms with E-state index >= 15 is 0 Å². The Kier molecular flexibility index (Phi) is 4.60. The summed E-state index contributed by atoms with van der Waals surface area (Å²) in [5.41, 5.74) is 0.126. The van der Waals surface area contributed by atoms with Gasteiger partial charge < -0.3 is 0 Å². The third kappa shape index (κ3) is 3.65. The highest BCUT2D eigenvalue weighted by atomic mass is 127. The summed E-state index contributed by atoms with van der Waals surface area (Å²) in [7, 11) is 0. The number of hydrogen-bond donors (Lipinski definition) is 0. The second kappa shape index (κ2) is 5.35. The molecule has 3 heteroatoms. The Hall–Kier alpha value is -0.710. The molecule has 0 saturated carbocycles. The van der Waals surface area contributed by atoms with Gasteiger partial charge in [0.1, 0.15) is 0 Å². The molecule has 0 spiro atoms. The maximum atomic E-state index is 12.6. The first-order chi connectivity index (χ1) is 8.46.